The normalized spacial score (nSPS) is 10.7. The third-order valence-electron chi connectivity index (χ3n) is 2.70. The van der Waals surface area contributed by atoms with E-state index < -0.39 is 0 Å². The zero-order chi connectivity index (χ0) is 14.1. The number of halogens is 1. The molecule has 1 N–H and O–H groups in total. The second kappa shape index (κ2) is 9.07. The number of methoxy groups -OCH3 is 1. The molecule has 1 heterocycles. The lowest BCUT2D eigenvalue weighted by molar-refractivity contribution is 0.0691. The van der Waals surface area contributed by atoms with Gasteiger partial charge >= 0.3 is 0 Å². The Kier molecular flexibility index (Phi) is 7.70. The fourth-order valence-corrected chi connectivity index (χ4v) is 1.70. The van der Waals surface area contributed by atoms with Gasteiger partial charge in [0.1, 0.15) is 0 Å². The van der Waals surface area contributed by atoms with Crippen molar-refractivity contribution in [3.63, 3.8) is 0 Å². The smallest absolute Gasteiger partial charge is 0.171 e. The quantitative estimate of drug-likeness (QED) is 0.708. The lowest BCUT2D eigenvalue weighted by Gasteiger charge is -2.09. The number of hydrogen-bond acceptors (Lipinski definition) is 5. The van der Waals surface area contributed by atoms with E-state index >= 15 is 0 Å². The van der Waals surface area contributed by atoms with E-state index in [9.17, 15) is 0 Å². The molecule has 19 heavy (non-hydrogen) atoms. The Morgan fingerprint density at radius 1 is 1.05 bits per heavy atom. The van der Waals surface area contributed by atoms with Gasteiger partial charge in [0.15, 0.2) is 11.0 Å². The van der Waals surface area contributed by atoms with E-state index in [-0.39, 0.29) is 0 Å². The van der Waals surface area contributed by atoms with E-state index in [0.717, 1.165) is 37.4 Å². The van der Waals surface area contributed by atoms with Crippen LogP contribution in [-0.4, -0.2) is 43.4 Å². The summed E-state index contributed by atoms with van der Waals surface area (Å²) in [6.45, 7) is 6.68. The van der Waals surface area contributed by atoms with Gasteiger partial charge in [-0.05, 0) is 26.7 Å². The van der Waals surface area contributed by atoms with Crippen LogP contribution >= 0.6 is 11.6 Å². The van der Waals surface area contributed by atoms with Crippen LogP contribution in [0.4, 0.5) is 5.82 Å². The van der Waals surface area contributed by atoms with Crippen LogP contribution in [0.25, 0.3) is 0 Å². The Labute approximate surface area is 119 Å². The summed E-state index contributed by atoms with van der Waals surface area (Å²) in [4.78, 5) is 8.60. The van der Waals surface area contributed by atoms with E-state index in [1.54, 1.807) is 7.11 Å². The molecule has 1 aromatic rings. The Hall–Kier alpha value is -0.910. The highest BCUT2D eigenvalue weighted by Gasteiger charge is 2.05. The van der Waals surface area contributed by atoms with Crippen LogP contribution in [0.3, 0.4) is 0 Å². The SMILES string of the molecule is COCCOCCCCNc1nc(C)c(C)nc1Cl. The van der Waals surface area contributed by atoms with Gasteiger partial charge in [0.25, 0.3) is 0 Å². The summed E-state index contributed by atoms with van der Waals surface area (Å²) in [7, 11) is 1.67. The second-order valence-electron chi connectivity index (χ2n) is 4.27. The molecule has 0 amide bonds. The molecule has 0 saturated heterocycles. The number of aromatic nitrogens is 2. The van der Waals surface area contributed by atoms with Crippen molar-refractivity contribution in [2.75, 3.05) is 38.8 Å². The fourth-order valence-electron chi connectivity index (χ4n) is 1.47. The van der Waals surface area contributed by atoms with Gasteiger partial charge in [0.2, 0.25) is 0 Å². The first-order chi connectivity index (χ1) is 9.15. The number of hydrogen-bond donors (Lipinski definition) is 1. The Balaban J connectivity index is 2.17. The zero-order valence-corrected chi connectivity index (χ0v) is 12.6. The average Bonchev–Trinajstić information content (AvgIpc) is 2.38. The molecule has 0 radical (unpaired) electrons. The van der Waals surface area contributed by atoms with Crippen molar-refractivity contribution in [1.82, 2.24) is 9.97 Å². The molecule has 0 saturated carbocycles. The molecule has 6 heteroatoms. The van der Waals surface area contributed by atoms with Crippen LogP contribution in [0.2, 0.25) is 5.15 Å². The van der Waals surface area contributed by atoms with Crippen molar-refractivity contribution in [3.8, 4) is 0 Å². The maximum absolute atomic E-state index is 6.02. The predicted octanol–water partition coefficient (Wildman–Crippen LogP) is 2.60. The minimum absolute atomic E-state index is 0.430. The fraction of sp³-hybridized carbons (Fsp3) is 0.692. The van der Waals surface area contributed by atoms with Gasteiger partial charge in [-0.15, -0.1) is 0 Å². The molecule has 0 aliphatic carbocycles. The van der Waals surface area contributed by atoms with Gasteiger partial charge in [-0.3, -0.25) is 0 Å². The van der Waals surface area contributed by atoms with E-state index in [0.29, 0.717) is 24.2 Å². The van der Waals surface area contributed by atoms with Crippen molar-refractivity contribution in [2.24, 2.45) is 0 Å². The first kappa shape index (κ1) is 16.1. The lowest BCUT2D eigenvalue weighted by atomic mass is 10.3. The molecule has 0 atom stereocenters. The Morgan fingerprint density at radius 3 is 2.53 bits per heavy atom. The maximum atomic E-state index is 6.02. The van der Waals surface area contributed by atoms with Gasteiger partial charge in [0, 0.05) is 20.3 Å². The highest BCUT2D eigenvalue weighted by atomic mass is 35.5. The average molecular weight is 288 g/mol. The number of nitrogens with zero attached hydrogens (tertiary/aromatic N) is 2. The van der Waals surface area contributed by atoms with Gasteiger partial charge in [-0.1, -0.05) is 11.6 Å². The number of rotatable bonds is 9. The standard InChI is InChI=1S/C13H22ClN3O2/c1-10-11(2)17-13(12(14)16-10)15-6-4-5-7-19-9-8-18-3/h4-9H2,1-3H3,(H,15,17). The molecule has 0 aliphatic rings. The summed E-state index contributed by atoms with van der Waals surface area (Å²) < 4.78 is 10.3. The summed E-state index contributed by atoms with van der Waals surface area (Å²) in [5, 5.41) is 3.63. The van der Waals surface area contributed by atoms with Crippen molar-refractivity contribution < 1.29 is 9.47 Å². The monoisotopic (exact) mass is 287 g/mol. The zero-order valence-electron chi connectivity index (χ0n) is 11.8. The Morgan fingerprint density at radius 2 is 1.79 bits per heavy atom. The minimum atomic E-state index is 0.430. The number of unbranched alkanes of at least 4 members (excludes halogenated alkanes) is 1. The summed E-state index contributed by atoms with van der Waals surface area (Å²) in [5.41, 5.74) is 1.76. The highest BCUT2D eigenvalue weighted by Crippen LogP contribution is 2.18. The predicted molar refractivity (Wildman–Crippen MR) is 76.9 cm³/mol. The van der Waals surface area contributed by atoms with Crippen molar-refractivity contribution in [2.45, 2.75) is 26.7 Å². The van der Waals surface area contributed by atoms with Crippen LogP contribution < -0.4 is 5.32 Å². The summed E-state index contributed by atoms with van der Waals surface area (Å²) >= 11 is 6.02. The van der Waals surface area contributed by atoms with Crippen LogP contribution in [0, 0.1) is 13.8 Å². The molecular formula is C13H22ClN3O2. The molecule has 0 unspecified atom stereocenters. The van der Waals surface area contributed by atoms with Crippen molar-refractivity contribution in [3.05, 3.63) is 16.5 Å². The van der Waals surface area contributed by atoms with E-state index in [1.807, 2.05) is 13.8 Å². The molecule has 1 aromatic heterocycles. The summed E-state index contributed by atoms with van der Waals surface area (Å²) in [6.07, 6.45) is 1.99. The largest absolute Gasteiger partial charge is 0.382 e. The van der Waals surface area contributed by atoms with Crippen LogP contribution in [0.5, 0.6) is 0 Å². The van der Waals surface area contributed by atoms with E-state index in [2.05, 4.69) is 15.3 Å². The van der Waals surface area contributed by atoms with Gasteiger partial charge in [0.05, 0.1) is 24.6 Å². The van der Waals surface area contributed by atoms with E-state index in [1.165, 1.54) is 0 Å². The number of nitrogens with one attached hydrogen (secondary N) is 1. The minimum Gasteiger partial charge on any atom is -0.382 e. The molecule has 0 fully saturated rings. The van der Waals surface area contributed by atoms with Crippen LogP contribution in [-0.2, 0) is 9.47 Å². The molecular weight excluding hydrogens is 266 g/mol. The third kappa shape index (κ3) is 6.18. The number of anilines is 1. The molecule has 0 aliphatic heterocycles. The second-order valence-corrected chi connectivity index (χ2v) is 4.63. The van der Waals surface area contributed by atoms with E-state index in [4.69, 9.17) is 21.1 Å². The molecule has 0 bridgehead atoms. The van der Waals surface area contributed by atoms with Gasteiger partial charge in [-0.2, -0.15) is 0 Å². The molecule has 5 nitrogen and oxygen atoms in total. The first-order valence-electron chi connectivity index (χ1n) is 6.46. The van der Waals surface area contributed by atoms with Crippen LogP contribution in [0.15, 0.2) is 0 Å². The topological polar surface area (TPSA) is 56.3 Å². The number of ether oxygens (including phenoxy) is 2. The van der Waals surface area contributed by atoms with Crippen LogP contribution in [0.1, 0.15) is 24.2 Å². The molecule has 0 aromatic carbocycles. The lowest BCUT2D eigenvalue weighted by Crippen LogP contribution is -2.08. The maximum Gasteiger partial charge on any atom is 0.171 e. The first-order valence-corrected chi connectivity index (χ1v) is 6.84. The molecule has 108 valence electrons. The summed E-state index contributed by atoms with van der Waals surface area (Å²) in [5.74, 6) is 0.657. The molecule has 1 rings (SSSR count). The van der Waals surface area contributed by atoms with Gasteiger partial charge in [-0.25, -0.2) is 9.97 Å². The van der Waals surface area contributed by atoms with Crippen molar-refractivity contribution in [1.29, 1.82) is 0 Å². The highest BCUT2D eigenvalue weighted by molar-refractivity contribution is 6.31. The van der Waals surface area contributed by atoms with Gasteiger partial charge < -0.3 is 14.8 Å². The summed E-state index contributed by atoms with van der Waals surface area (Å²) in [6, 6.07) is 0. The Bertz CT molecular complexity index is 388. The van der Waals surface area contributed by atoms with Crippen molar-refractivity contribution >= 4 is 17.4 Å². The number of aryl methyl sites for hydroxylation is 2. The third-order valence-corrected chi connectivity index (χ3v) is 2.97. The molecule has 0 spiro atoms.